The van der Waals surface area contributed by atoms with Gasteiger partial charge in [0.15, 0.2) is 0 Å². The van der Waals surface area contributed by atoms with E-state index in [4.69, 9.17) is 14.5 Å². The molecule has 1 aromatic rings. The van der Waals surface area contributed by atoms with E-state index in [0.717, 1.165) is 6.42 Å². The molecule has 1 atom stereocenters. The van der Waals surface area contributed by atoms with E-state index in [-0.39, 0.29) is 6.10 Å². The summed E-state index contributed by atoms with van der Waals surface area (Å²) in [6.45, 7) is 4.56. The van der Waals surface area contributed by atoms with E-state index >= 15 is 0 Å². The van der Waals surface area contributed by atoms with Crippen molar-refractivity contribution in [1.29, 1.82) is 5.26 Å². The summed E-state index contributed by atoms with van der Waals surface area (Å²) in [6, 6.07) is 2.03. The van der Waals surface area contributed by atoms with Gasteiger partial charge < -0.3 is 9.26 Å². The minimum absolute atomic E-state index is 0.102. The van der Waals surface area contributed by atoms with Crippen LogP contribution in [-0.2, 0) is 11.2 Å². The molecule has 0 saturated heterocycles. The van der Waals surface area contributed by atoms with Crippen LogP contribution in [0.3, 0.4) is 0 Å². The average molecular weight is 209 g/mol. The Hall–Kier alpha value is -1.41. The highest BCUT2D eigenvalue weighted by molar-refractivity contribution is 4.92. The van der Waals surface area contributed by atoms with Gasteiger partial charge >= 0.3 is 0 Å². The van der Waals surface area contributed by atoms with Crippen LogP contribution in [0.2, 0.25) is 0 Å². The molecule has 0 aliphatic carbocycles. The minimum Gasteiger partial charge on any atom is -0.370 e. The molecule has 15 heavy (non-hydrogen) atoms. The predicted octanol–water partition coefficient (Wildman–Crippen LogP) is 2.01. The molecule has 0 spiro atoms. The standard InChI is InChI=1S/C10H15N3O2/c1-3-8(14-4-2)10-12-9(15-13-10)6-5-7-11/h8H,3-6H2,1-2H3. The molecule has 1 rings (SSSR count). The van der Waals surface area contributed by atoms with Crippen molar-refractivity contribution in [2.45, 2.75) is 39.2 Å². The molecule has 1 heterocycles. The minimum atomic E-state index is -0.102. The fourth-order valence-electron chi connectivity index (χ4n) is 1.24. The Morgan fingerprint density at radius 1 is 1.53 bits per heavy atom. The van der Waals surface area contributed by atoms with Crippen molar-refractivity contribution in [3.8, 4) is 6.07 Å². The van der Waals surface area contributed by atoms with E-state index < -0.39 is 0 Å². The molecule has 0 saturated carbocycles. The molecule has 1 unspecified atom stereocenters. The van der Waals surface area contributed by atoms with Crippen LogP contribution < -0.4 is 0 Å². The molecule has 0 N–H and O–H groups in total. The Labute approximate surface area is 89.0 Å². The van der Waals surface area contributed by atoms with Gasteiger partial charge in [0.2, 0.25) is 11.7 Å². The topological polar surface area (TPSA) is 71.9 Å². The molecule has 5 nitrogen and oxygen atoms in total. The largest absolute Gasteiger partial charge is 0.370 e. The first-order chi connectivity index (χ1) is 7.31. The summed E-state index contributed by atoms with van der Waals surface area (Å²) in [6.07, 6.45) is 1.61. The lowest BCUT2D eigenvalue weighted by Gasteiger charge is -2.09. The highest BCUT2D eigenvalue weighted by atomic mass is 16.5. The third-order valence-electron chi connectivity index (χ3n) is 1.96. The molecule has 0 aromatic carbocycles. The van der Waals surface area contributed by atoms with Gasteiger partial charge in [-0.1, -0.05) is 12.1 Å². The zero-order valence-corrected chi connectivity index (χ0v) is 9.06. The summed E-state index contributed by atoms with van der Waals surface area (Å²) in [4.78, 5) is 4.18. The van der Waals surface area contributed by atoms with Crippen LogP contribution in [-0.4, -0.2) is 16.7 Å². The Bertz CT molecular complexity index is 330. The highest BCUT2D eigenvalue weighted by Gasteiger charge is 2.16. The van der Waals surface area contributed by atoms with Crippen LogP contribution >= 0.6 is 0 Å². The molecule has 1 aromatic heterocycles. The Balaban J connectivity index is 2.61. The van der Waals surface area contributed by atoms with Gasteiger partial charge in [0.1, 0.15) is 6.10 Å². The molecule has 0 radical (unpaired) electrons. The maximum absolute atomic E-state index is 8.41. The van der Waals surface area contributed by atoms with Crippen molar-refractivity contribution < 1.29 is 9.26 Å². The van der Waals surface area contributed by atoms with Gasteiger partial charge in [-0.15, -0.1) is 0 Å². The first-order valence-electron chi connectivity index (χ1n) is 5.12. The second-order valence-electron chi connectivity index (χ2n) is 3.06. The maximum Gasteiger partial charge on any atom is 0.227 e. The number of rotatable bonds is 6. The van der Waals surface area contributed by atoms with E-state index in [9.17, 15) is 0 Å². The van der Waals surface area contributed by atoms with E-state index in [1.54, 1.807) is 0 Å². The van der Waals surface area contributed by atoms with Crippen LogP contribution in [0.5, 0.6) is 0 Å². The molecule has 5 heteroatoms. The van der Waals surface area contributed by atoms with Crippen LogP contribution in [0.25, 0.3) is 0 Å². The lowest BCUT2D eigenvalue weighted by Crippen LogP contribution is -2.05. The second kappa shape index (κ2) is 6.14. The van der Waals surface area contributed by atoms with E-state index in [0.29, 0.717) is 31.2 Å². The molecule has 0 fully saturated rings. The number of nitrogens with zero attached hydrogens (tertiary/aromatic N) is 3. The lowest BCUT2D eigenvalue weighted by atomic mass is 10.2. The molecular weight excluding hydrogens is 194 g/mol. The van der Waals surface area contributed by atoms with Crippen molar-refractivity contribution in [1.82, 2.24) is 10.1 Å². The summed E-state index contributed by atoms with van der Waals surface area (Å²) < 4.78 is 10.4. The monoisotopic (exact) mass is 209 g/mol. The number of aromatic nitrogens is 2. The lowest BCUT2D eigenvalue weighted by molar-refractivity contribution is 0.0518. The molecule has 82 valence electrons. The van der Waals surface area contributed by atoms with Crippen molar-refractivity contribution in [3.63, 3.8) is 0 Å². The maximum atomic E-state index is 8.41. The SMILES string of the molecule is CCOC(CC)c1noc(CCC#N)n1. The molecule has 0 aliphatic heterocycles. The van der Waals surface area contributed by atoms with E-state index in [2.05, 4.69) is 10.1 Å². The molecule has 0 aliphatic rings. The van der Waals surface area contributed by atoms with Crippen molar-refractivity contribution in [2.75, 3.05) is 6.61 Å². The summed E-state index contributed by atoms with van der Waals surface area (Å²) in [5.74, 6) is 1.08. The zero-order chi connectivity index (χ0) is 11.1. The van der Waals surface area contributed by atoms with Crippen LogP contribution in [0.1, 0.15) is 44.5 Å². The van der Waals surface area contributed by atoms with E-state index in [1.165, 1.54) is 0 Å². The summed E-state index contributed by atoms with van der Waals surface area (Å²) in [5, 5.41) is 12.2. The number of aryl methyl sites for hydroxylation is 1. The fraction of sp³-hybridized carbons (Fsp3) is 0.700. The third kappa shape index (κ3) is 3.33. The molecule has 0 bridgehead atoms. The second-order valence-corrected chi connectivity index (χ2v) is 3.06. The summed E-state index contributed by atoms with van der Waals surface area (Å²) in [5.41, 5.74) is 0. The van der Waals surface area contributed by atoms with Crippen molar-refractivity contribution >= 4 is 0 Å². The first kappa shape index (κ1) is 11.7. The van der Waals surface area contributed by atoms with Gasteiger partial charge in [-0.2, -0.15) is 10.2 Å². The normalized spacial score (nSPS) is 12.3. The number of ether oxygens (including phenoxy) is 1. The van der Waals surface area contributed by atoms with Crippen LogP contribution in [0.15, 0.2) is 4.52 Å². The Morgan fingerprint density at radius 2 is 2.33 bits per heavy atom. The van der Waals surface area contributed by atoms with Gasteiger partial charge in [-0.3, -0.25) is 0 Å². The summed E-state index contributed by atoms with van der Waals surface area (Å²) in [7, 11) is 0. The predicted molar refractivity (Wildman–Crippen MR) is 52.9 cm³/mol. The number of hydrogen-bond donors (Lipinski definition) is 0. The van der Waals surface area contributed by atoms with Crippen LogP contribution in [0.4, 0.5) is 0 Å². The highest BCUT2D eigenvalue weighted by Crippen LogP contribution is 2.17. The first-order valence-corrected chi connectivity index (χ1v) is 5.12. The smallest absolute Gasteiger partial charge is 0.227 e. The molecule has 0 amide bonds. The van der Waals surface area contributed by atoms with Gasteiger partial charge in [0.05, 0.1) is 6.07 Å². The Kier molecular flexibility index (Phi) is 4.78. The summed E-state index contributed by atoms with van der Waals surface area (Å²) >= 11 is 0. The zero-order valence-electron chi connectivity index (χ0n) is 9.06. The van der Waals surface area contributed by atoms with Gasteiger partial charge in [-0.25, -0.2) is 0 Å². The number of hydrogen-bond acceptors (Lipinski definition) is 5. The van der Waals surface area contributed by atoms with Gasteiger partial charge in [0.25, 0.3) is 0 Å². The van der Waals surface area contributed by atoms with Crippen molar-refractivity contribution in [3.05, 3.63) is 11.7 Å². The van der Waals surface area contributed by atoms with Gasteiger partial charge in [-0.05, 0) is 13.3 Å². The Morgan fingerprint density at radius 3 is 2.93 bits per heavy atom. The third-order valence-corrected chi connectivity index (χ3v) is 1.96. The van der Waals surface area contributed by atoms with Crippen molar-refractivity contribution in [2.24, 2.45) is 0 Å². The van der Waals surface area contributed by atoms with Gasteiger partial charge in [0, 0.05) is 19.4 Å². The average Bonchev–Trinajstić information content (AvgIpc) is 2.71. The quantitative estimate of drug-likeness (QED) is 0.716. The number of nitriles is 1. The fourth-order valence-corrected chi connectivity index (χ4v) is 1.24. The van der Waals surface area contributed by atoms with E-state index in [1.807, 2.05) is 19.9 Å². The molecular formula is C10H15N3O2. The van der Waals surface area contributed by atoms with Crippen LogP contribution in [0, 0.1) is 11.3 Å².